The van der Waals surface area contributed by atoms with Crippen LogP contribution in [-0.4, -0.2) is 18.4 Å². The van der Waals surface area contributed by atoms with Crippen molar-refractivity contribution >= 4 is 28.2 Å². The Bertz CT molecular complexity index is 1200. The van der Waals surface area contributed by atoms with Gasteiger partial charge in [-0.3, -0.25) is 9.59 Å². The average Bonchev–Trinajstić information content (AvgIpc) is 3.24. The van der Waals surface area contributed by atoms with Gasteiger partial charge in [0.25, 0.3) is 11.8 Å². The van der Waals surface area contributed by atoms with Crippen LogP contribution in [-0.2, 0) is 6.42 Å². The molecule has 0 atom stereocenters. The van der Waals surface area contributed by atoms with Crippen LogP contribution in [0.15, 0.2) is 90.3 Å². The molecule has 4 nitrogen and oxygen atoms in total. The monoisotopic (exact) mass is 440 g/mol. The number of amides is 2. The SMILES string of the molecule is Cc1ccc(C(=O)Nc2scc(-c3ccccc3)c2C(=O)NCCc2ccccc2)cc1. The summed E-state index contributed by atoms with van der Waals surface area (Å²) in [5.74, 6) is -0.426. The summed E-state index contributed by atoms with van der Waals surface area (Å²) in [5.41, 5.74) is 5.05. The summed E-state index contributed by atoms with van der Waals surface area (Å²) < 4.78 is 0. The van der Waals surface area contributed by atoms with Gasteiger partial charge in [-0.1, -0.05) is 78.4 Å². The summed E-state index contributed by atoms with van der Waals surface area (Å²) in [6.45, 7) is 2.49. The van der Waals surface area contributed by atoms with Gasteiger partial charge in [-0.05, 0) is 36.6 Å². The van der Waals surface area contributed by atoms with Gasteiger partial charge in [-0.2, -0.15) is 0 Å². The summed E-state index contributed by atoms with van der Waals surface area (Å²) in [6.07, 6.45) is 0.739. The largest absolute Gasteiger partial charge is 0.352 e. The van der Waals surface area contributed by atoms with E-state index in [0.29, 0.717) is 22.7 Å². The number of rotatable bonds is 7. The zero-order valence-electron chi connectivity index (χ0n) is 17.8. The van der Waals surface area contributed by atoms with Crippen LogP contribution in [0, 0.1) is 6.92 Å². The number of carbonyl (C=O) groups is 2. The molecule has 5 heteroatoms. The highest BCUT2D eigenvalue weighted by Gasteiger charge is 2.22. The number of hydrogen-bond acceptors (Lipinski definition) is 3. The molecule has 0 aliphatic carbocycles. The fraction of sp³-hybridized carbons (Fsp3) is 0.111. The van der Waals surface area contributed by atoms with E-state index in [0.717, 1.165) is 28.7 Å². The molecule has 4 aromatic rings. The third-order valence-electron chi connectivity index (χ3n) is 5.19. The normalized spacial score (nSPS) is 10.5. The number of anilines is 1. The van der Waals surface area contributed by atoms with E-state index in [1.54, 1.807) is 12.1 Å². The maximum Gasteiger partial charge on any atom is 0.256 e. The number of carbonyl (C=O) groups excluding carboxylic acids is 2. The van der Waals surface area contributed by atoms with E-state index in [4.69, 9.17) is 0 Å². The molecule has 0 saturated carbocycles. The molecule has 0 saturated heterocycles. The number of benzene rings is 3. The molecule has 1 heterocycles. The van der Waals surface area contributed by atoms with Gasteiger partial charge in [0.1, 0.15) is 5.00 Å². The van der Waals surface area contributed by atoms with Crippen LogP contribution < -0.4 is 10.6 Å². The van der Waals surface area contributed by atoms with Gasteiger partial charge >= 0.3 is 0 Å². The maximum absolute atomic E-state index is 13.2. The lowest BCUT2D eigenvalue weighted by molar-refractivity contribution is 0.0956. The van der Waals surface area contributed by atoms with E-state index in [-0.39, 0.29) is 11.8 Å². The van der Waals surface area contributed by atoms with E-state index < -0.39 is 0 Å². The van der Waals surface area contributed by atoms with Crippen molar-refractivity contribution in [2.45, 2.75) is 13.3 Å². The minimum Gasteiger partial charge on any atom is -0.352 e. The molecule has 0 radical (unpaired) electrons. The van der Waals surface area contributed by atoms with Crippen LogP contribution in [0.2, 0.25) is 0 Å². The molecule has 4 rings (SSSR count). The van der Waals surface area contributed by atoms with Crippen LogP contribution in [0.5, 0.6) is 0 Å². The zero-order chi connectivity index (χ0) is 22.3. The molecule has 2 amide bonds. The predicted molar refractivity (Wildman–Crippen MR) is 131 cm³/mol. The van der Waals surface area contributed by atoms with E-state index in [1.807, 2.05) is 85.1 Å². The molecule has 0 aliphatic heterocycles. The lowest BCUT2D eigenvalue weighted by Gasteiger charge is -2.11. The molecule has 160 valence electrons. The predicted octanol–water partition coefficient (Wildman–Crippen LogP) is 5.95. The van der Waals surface area contributed by atoms with Gasteiger partial charge in [0.15, 0.2) is 0 Å². The first-order chi connectivity index (χ1) is 15.6. The number of nitrogens with one attached hydrogen (secondary N) is 2. The minimum atomic E-state index is -0.232. The number of hydrogen-bond donors (Lipinski definition) is 2. The van der Waals surface area contributed by atoms with Crippen molar-refractivity contribution in [1.82, 2.24) is 5.32 Å². The Balaban J connectivity index is 1.57. The van der Waals surface area contributed by atoms with Crippen LogP contribution in [0.1, 0.15) is 31.8 Å². The molecule has 3 aromatic carbocycles. The molecule has 32 heavy (non-hydrogen) atoms. The van der Waals surface area contributed by atoms with Crippen molar-refractivity contribution in [1.29, 1.82) is 0 Å². The van der Waals surface area contributed by atoms with Gasteiger partial charge in [0.2, 0.25) is 0 Å². The fourth-order valence-corrected chi connectivity index (χ4v) is 4.40. The average molecular weight is 441 g/mol. The standard InChI is InChI=1S/C27H24N2O2S/c1-19-12-14-22(15-13-19)25(30)29-27-24(23(18-32-27)21-10-6-3-7-11-21)26(31)28-17-16-20-8-4-2-5-9-20/h2-15,18H,16-17H2,1H3,(H,28,31)(H,29,30). The highest BCUT2D eigenvalue weighted by Crippen LogP contribution is 2.35. The van der Waals surface area contributed by atoms with Gasteiger partial charge in [0, 0.05) is 23.1 Å². The Labute approximate surface area is 191 Å². The number of thiophene rings is 1. The van der Waals surface area contributed by atoms with E-state index in [2.05, 4.69) is 10.6 Å². The van der Waals surface area contributed by atoms with Crippen molar-refractivity contribution in [3.8, 4) is 11.1 Å². The second-order valence-corrected chi connectivity index (χ2v) is 8.41. The van der Waals surface area contributed by atoms with Crippen LogP contribution in [0.4, 0.5) is 5.00 Å². The third-order valence-corrected chi connectivity index (χ3v) is 6.08. The molecule has 0 spiro atoms. The molecule has 2 N–H and O–H groups in total. The Kier molecular flexibility index (Phi) is 6.78. The fourth-order valence-electron chi connectivity index (χ4n) is 3.44. The van der Waals surface area contributed by atoms with Crippen LogP contribution >= 0.6 is 11.3 Å². The minimum absolute atomic E-state index is 0.194. The quantitative estimate of drug-likeness (QED) is 0.373. The lowest BCUT2D eigenvalue weighted by Crippen LogP contribution is -2.27. The van der Waals surface area contributed by atoms with E-state index in [1.165, 1.54) is 11.3 Å². The van der Waals surface area contributed by atoms with Crippen molar-refractivity contribution < 1.29 is 9.59 Å². The Morgan fingerprint density at radius 3 is 2.16 bits per heavy atom. The molecular weight excluding hydrogens is 416 g/mol. The molecule has 0 aliphatic rings. The van der Waals surface area contributed by atoms with Gasteiger partial charge in [-0.15, -0.1) is 11.3 Å². The topological polar surface area (TPSA) is 58.2 Å². The van der Waals surface area contributed by atoms with Crippen molar-refractivity contribution in [2.75, 3.05) is 11.9 Å². The smallest absolute Gasteiger partial charge is 0.256 e. The first-order valence-electron chi connectivity index (χ1n) is 10.5. The summed E-state index contributed by atoms with van der Waals surface area (Å²) in [7, 11) is 0. The Morgan fingerprint density at radius 1 is 0.812 bits per heavy atom. The second kappa shape index (κ2) is 10.1. The summed E-state index contributed by atoms with van der Waals surface area (Å²) in [6, 6.07) is 27.2. The zero-order valence-corrected chi connectivity index (χ0v) is 18.6. The molecule has 0 fully saturated rings. The van der Waals surface area contributed by atoms with Crippen LogP contribution in [0.25, 0.3) is 11.1 Å². The molecule has 1 aromatic heterocycles. The summed E-state index contributed by atoms with van der Waals surface area (Å²) in [5, 5.41) is 8.44. The van der Waals surface area contributed by atoms with Crippen molar-refractivity contribution in [3.05, 3.63) is 113 Å². The summed E-state index contributed by atoms with van der Waals surface area (Å²) >= 11 is 1.36. The highest BCUT2D eigenvalue weighted by atomic mass is 32.1. The van der Waals surface area contributed by atoms with E-state index >= 15 is 0 Å². The Morgan fingerprint density at radius 2 is 1.47 bits per heavy atom. The van der Waals surface area contributed by atoms with Gasteiger partial charge in [0.05, 0.1) is 5.56 Å². The first kappa shape index (κ1) is 21.5. The third kappa shape index (κ3) is 5.13. The van der Waals surface area contributed by atoms with Crippen LogP contribution in [0.3, 0.4) is 0 Å². The van der Waals surface area contributed by atoms with Gasteiger partial charge in [-0.25, -0.2) is 0 Å². The lowest BCUT2D eigenvalue weighted by atomic mass is 10.0. The maximum atomic E-state index is 13.2. The van der Waals surface area contributed by atoms with Crippen molar-refractivity contribution in [2.24, 2.45) is 0 Å². The van der Waals surface area contributed by atoms with E-state index in [9.17, 15) is 9.59 Å². The molecule has 0 unspecified atom stereocenters. The highest BCUT2D eigenvalue weighted by molar-refractivity contribution is 7.15. The van der Waals surface area contributed by atoms with Crippen molar-refractivity contribution in [3.63, 3.8) is 0 Å². The molecule has 0 bridgehead atoms. The van der Waals surface area contributed by atoms with Gasteiger partial charge < -0.3 is 10.6 Å². The Hall–Kier alpha value is -3.70. The number of aryl methyl sites for hydroxylation is 1. The first-order valence-corrected chi connectivity index (χ1v) is 11.4. The summed E-state index contributed by atoms with van der Waals surface area (Å²) in [4.78, 5) is 26.0. The molecular formula is C27H24N2O2S. The second-order valence-electron chi connectivity index (χ2n) is 7.53.